The van der Waals surface area contributed by atoms with Gasteiger partial charge in [0.15, 0.2) is 0 Å². The highest BCUT2D eigenvalue weighted by Crippen LogP contribution is 2.28. The van der Waals surface area contributed by atoms with Crippen molar-refractivity contribution in [2.45, 2.75) is 18.9 Å². The quantitative estimate of drug-likeness (QED) is 0.329. The van der Waals surface area contributed by atoms with E-state index >= 15 is 0 Å². The maximum Gasteiger partial charge on any atom is 0.234 e. The molecule has 0 N–H and O–H groups in total. The van der Waals surface area contributed by atoms with Crippen molar-refractivity contribution in [2.24, 2.45) is 0 Å². The van der Waals surface area contributed by atoms with Gasteiger partial charge in [-0.1, -0.05) is 96.5 Å². The van der Waals surface area contributed by atoms with Crippen LogP contribution in [0.4, 0.5) is 0 Å². The van der Waals surface area contributed by atoms with Gasteiger partial charge in [-0.25, -0.2) is 0 Å². The molecule has 0 saturated heterocycles. The maximum absolute atomic E-state index is 14.0. The van der Waals surface area contributed by atoms with Crippen LogP contribution in [-0.4, -0.2) is 22.3 Å². The topological polar surface area (TPSA) is 33.2 Å². The van der Waals surface area contributed by atoms with Gasteiger partial charge in [0.25, 0.3) is 0 Å². The number of halogens is 1. The van der Waals surface area contributed by atoms with Crippen molar-refractivity contribution in [3.05, 3.63) is 137 Å². The number of carbonyl (C=O) groups excluding carboxylic acids is 1. The number of amides is 1. The van der Waals surface area contributed by atoms with Crippen LogP contribution in [0.15, 0.2) is 109 Å². The van der Waals surface area contributed by atoms with E-state index < -0.39 is 0 Å². The van der Waals surface area contributed by atoms with Crippen LogP contribution in [-0.2, 0) is 17.8 Å². The first kappa shape index (κ1) is 21.8. The minimum atomic E-state index is -0.386. The third-order valence-corrected chi connectivity index (χ3v) is 5.88. The molecule has 160 valence electrons. The van der Waals surface area contributed by atoms with Gasteiger partial charge in [0.1, 0.15) is 0 Å². The number of hydrogen-bond acceptors (Lipinski definition) is 2. The molecule has 0 aliphatic carbocycles. The van der Waals surface area contributed by atoms with Crippen LogP contribution in [0.1, 0.15) is 28.3 Å². The third-order valence-electron chi connectivity index (χ3n) is 5.51. The smallest absolute Gasteiger partial charge is 0.234 e. The minimum absolute atomic E-state index is 0.0539. The molecule has 0 bridgehead atoms. The Kier molecular flexibility index (Phi) is 7.31. The van der Waals surface area contributed by atoms with Gasteiger partial charge in [-0.3, -0.25) is 9.78 Å². The summed E-state index contributed by atoms with van der Waals surface area (Å²) in [6.07, 6.45) is 2.46. The molecule has 0 aliphatic heterocycles. The zero-order valence-corrected chi connectivity index (χ0v) is 18.5. The summed E-state index contributed by atoms with van der Waals surface area (Å²) in [7, 11) is 0. The van der Waals surface area contributed by atoms with Gasteiger partial charge in [0, 0.05) is 36.4 Å². The Labute approximate surface area is 194 Å². The van der Waals surface area contributed by atoms with E-state index in [0.29, 0.717) is 24.5 Å². The van der Waals surface area contributed by atoms with E-state index in [4.69, 9.17) is 11.6 Å². The average molecular weight is 441 g/mol. The molecule has 0 aliphatic rings. The van der Waals surface area contributed by atoms with Crippen molar-refractivity contribution in [1.29, 1.82) is 0 Å². The summed E-state index contributed by atoms with van der Waals surface area (Å²) in [4.78, 5) is 20.4. The van der Waals surface area contributed by atoms with E-state index in [0.717, 1.165) is 22.4 Å². The van der Waals surface area contributed by atoms with Crippen LogP contribution in [0.25, 0.3) is 0 Å². The highest BCUT2D eigenvalue weighted by Gasteiger charge is 2.28. The van der Waals surface area contributed by atoms with Crippen molar-refractivity contribution in [3.8, 4) is 0 Å². The standard InChI is InChI=1S/C28H25ClN2O/c29-26-17-8-7-15-24(26)21-31(20-18-25-16-9-10-19-30-25)28(32)27(22-11-3-1-4-12-22)23-13-5-2-6-14-23/h1-17,19,27H,18,20-21H2. The van der Waals surface area contributed by atoms with Crippen molar-refractivity contribution < 1.29 is 4.79 Å². The third kappa shape index (κ3) is 5.43. The van der Waals surface area contributed by atoms with Crippen LogP contribution >= 0.6 is 11.6 Å². The Bertz CT molecular complexity index is 1090. The summed E-state index contributed by atoms with van der Waals surface area (Å²) in [6.45, 7) is 0.999. The molecule has 1 heterocycles. The van der Waals surface area contributed by atoms with Crippen LogP contribution in [0.3, 0.4) is 0 Å². The molecule has 0 spiro atoms. The molecular weight excluding hydrogens is 416 g/mol. The second kappa shape index (κ2) is 10.7. The first-order valence-corrected chi connectivity index (χ1v) is 11.1. The molecule has 3 aromatic carbocycles. The SMILES string of the molecule is O=C(C(c1ccccc1)c1ccccc1)N(CCc1ccccn1)Cc1ccccc1Cl. The van der Waals surface area contributed by atoms with E-state index in [1.165, 1.54) is 0 Å². The Balaban J connectivity index is 1.68. The second-order valence-corrected chi connectivity index (χ2v) is 8.08. The molecule has 0 unspecified atom stereocenters. The molecule has 3 nitrogen and oxygen atoms in total. The molecule has 0 saturated carbocycles. The molecule has 1 aromatic heterocycles. The lowest BCUT2D eigenvalue weighted by Gasteiger charge is -2.28. The zero-order valence-electron chi connectivity index (χ0n) is 17.8. The molecular formula is C28H25ClN2O. The van der Waals surface area contributed by atoms with Crippen molar-refractivity contribution in [2.75, 3.05) is 6.54 Å². The largest absolute Gasteiger partial charge is 0.337 e. The Morgan fingerprint density at radius 3 is 1.97 bits per heavy atom. The molecule has 0 fully saturated rings. The highest BCUT2D eigenvalue weighted by atomic mass is 35.5. The Hall–Kier alpha value is -3.43. The van der Waals surface area contributed by atoms with E-state index in [9.17, 15) is 4.79 Å². The van der Waals surface area contributed by atoms with Crippen LogP contribution in [0.2, 0.25) is 5.02 Å². The molecule has 32 heavy (non-hydrogen) atoms. The van der Waals surface area contributed by atoms with Gasteiger partial charge >= 0.3 is 0 Å². The summed E-state index contributed by atoms with van der Waals surface area (Å²) < 4.78 is 0. The van der Waals surface area contributed by atoms with Crippen LogP contribution in [0.5, 0.6) is 0 Å². The van der Waals surface area contributed by atoms with Crippen molar-refractivity contribution >= 4 is 17.5 Å². The van der Waals surface area contributed by atoms with Gasteiger partial charge in [-0.15, -0.1) is 0 Å². The fourth-order valence-corrected chi connectivity index (χ4v) is 4.04. The van der Waals surface area contributed by atoms with Gasteiger partial charge in [-0.05, 0) is 34.9 Å². The van der Waals surface area contributed by atoms with Crippen LogP contribution in [0, 0.1) is 0 Å². The van der Waals surface area contributed by atoms with Gasteiger partial charge in [-0.2, -0.15) is 0 Å². The van der Waals surface area contributed by atoms with Gasteiger partial charge < -0.3 is 4.90 Å². The van der Waals surface area contributed by atoms with E-state index in [1.54, 1.807) is 6.20 Å². The fourth-order valence-electron chi connectivity index (χ4n) is 3.85. The van der Waals surface area contributed by atoms with Crippen molar-refractivity contribution in [1.82, 2.24) is 9.88 Å². The normalized spacial score (nSPS) is 10.8. The number of hydrogen-bond donors (Lipinski definition) is 0. The lowest BCUT2D eigenvalue weighted by molar-refractivity contribution is -0.132. The minimum Gasteiger partial charge on any atom is -0.337 e. The summed E-state index contributed by atoms with van der Waals surface area (Å²) in [5.74, 6) is -0.332. The number of pyridine rings is 1. The molecule has 1 amide bonds. The Morgan fingerprint density at radius 2 is 1.38 bits per heavy atom. The number of aromatic nitrogens is 1. The Morgan fingerprint density at radius 1 is 0.781 bits per heavy atom. The first-order valence-electron chi connectivity index (χ1n) is 10.7. The van der Waals surface area contributed by atoms with Crippen molar-refractivity contribution in [3.63, 3.8) is 0 Å². The second-order valence-electron chi connectivity index (χ2n) is 7.68. The molecule has 0 radical (unpaired) electrons. The van der Waals surface area contributed by atoms with E-state index in [1.807, 2.05) is 108 Å². The molecule has 4 rings (SSSR count). The van der Waals surface area contributed by atoms with E-state index in [-0.39, 0.29) is 11.8 Å². The number of nitrogens with zero attached hydrogens (tertiary/aromatic N) is 2. The molecule has 4 heteroatoms. The predicted molar refractivity (Wildman–Crippen MR) is 130 cm³/mol. The van der Waals surface area contributed by atoms with E-state index in [2.05, 4.69) is 4.98 Å². The van der Waals surface area contributed by atoms with Gasteiger partial charge in [0.2, 0.25) is 5.91 Å². The lowest BCUT2D eigenvalue weighted by atomic mass is 9.89. The number of carbonyl (C=O) groups is 1. The molecule has 4 aromatic rings. The average Bonchev–Trinajstić information content (AvgIpc) is 2.85. The first-order chi connectivity index (χ1) is 15.7. The highest BCUT2D eigenvalue weighted by molar-refractivity contribution is 6.31. The van der Waals surface area contributed by atoms with Gasteiger partial charge in [0.05, 0.1) is 5.92 Å². The summed E-state index contributed by atoms with van der Waals surface area (Å²) in [5.41, 5.74) is 3.85. The predicted octanol–water partition coefficient (Wildman–Crippen LogP) is 6.14. The zero-order chi connectivity index (χ0) is 22.2. The summed E-state index contributed by atoms with van der Waals surface area (Å²) in [5, 5.41) is 0.666. The molecule has 0 atom stereocenters. The fraction of sp³-hybridized carbons (Fsp3) is 0.143. The lowest BCUT2D eigenvalue weighted by Crippen LogP contribution is -2.37. The summed E-state index contributed by atoms with van der Waals surface area (Å²) >= 11 is 6.45. The number of rotatable bonds is 8. The van der Waals surface area contributed by atoms with Crippen LogP contribution < -0.4 is 0 Å². The maximum atomic E-state index is 14.0. The monoisotopic (exact) mass is 440 g/mol. The number of benzene rings is 3. The summed E-state index contributed by atoms with van der Waals surface area (Å²) in [6, 6.07) is 33.5.